The Balaban J connectivity index is 1.41. The summed E-state index contributed by atoms with van der Waals surface area (Å²) < 4.78 is 0. The molecular weight excluding hydrogens is 556 g/mol. The van der Waals surface area contributed by atoms with Crippen molar-refractivity contribution in [1.82, 2.24) is 9.97 Å². The van der Waals surface area contributed by atoms with Crippen LogP contribution in [-0.2, 0) is 0 Å². The van der Waals surface area contributed by atoms with Crippen molar-refractivity contribution >= 4 is 43.1 Å². The fourth-order valence-electron chi connectivity index (χ4n) is 7.07. The highest BCUT2D eigenvalue weighted by atomic mass is 14.7. The van der Waals surface area contributed by atoms with Gasteiger partial charge in [-0.3, -0.25) is 9.97 Å². The lowest BCUT2D eigenvalue weighted by molar-refractivity contribution is 1.33. The minimum Gasteiger partial charge on any atom is -0.256 e. The standard InChI is InChI=1S/C44H28N2/c1-3-13-29(14-4-1)31-23-25-39(45-27-31)41-37-21-11-12-22-38(37)42(40-26-24-32(28-46-40)30-15-5-2-6-16-30)44-36-20-10-8-18-34(36)33-17-7-9-19-35(33)43(41)44/h1-28H. The van der Waals surface area contributed by atoms with E-state index in [1.807, 2.05) is 24.5 Å². The Bertz CT molecular complexity index is 2350. The summed E-state index contributed by atoms with van der Waals surface area (Å²) in [6.07, 6.45) is 4.01. The van der Waals surface area contributed by atoms with Gasteiger partial charge in [0.2, 0.25) is 0 Å². The van der Waals surface area contributed by atoms with Crippen molar-refractivity contribution in [3.8, 4) is 44.8 Å². The number of fused-ring (bicyclic) bond motifs is 7. The molecule has 0 atom stereocenters. The summed E-state index contributed by atoms with van der Waals surface area (Å²) in [5, 5.41) is 9.65. The number of hydrogen-bond acceptors (Lipinski definition) is 2. The molecule has 2 aromatic heterocycles. The van der Waals surface area contributed by atoms with E-state index in [0.717, 1.165) is 44.8 Å². The maximum Gasteiger partial charge on any atom is 0.0715 e. The lowest BCUT2D eigenvalue weighted by Crippen LogP contribution is -1.96. The molecule has 2 heteroatoms. The van der Waals surface area contributed by atoms with Crippen molar-refractivity contribution in [2.45, 2.75) is 0 Å². The number of aromatic nitrogens is 2. The molecule has 0 fully saturated rings. The van der Waals surface area contributed by atoms with Crippen molar-refractivity contribution in [1.29, 1.82) is 0 Å². The van der Waals surface area contributed by atoms with Crippen LogP contribution in [0.15, 0.2) is 170 Å². The first-order valence-corrected chi connectivity index (χ1v) is 15.7. The number of rotatable bonds is 4. The molecule has 46 heavy (non-hydrogen) atoms. The number of pyridine rings is 2. The molecule has 2 heterocycles. The van der Waals surface area contributed by atoms with Gasteiger partial charge in [-0.2, -0.15) is 0 Å². The van der Waals surface area contributed by atoms with Gasteiger partial charge in [0.1, 0.15) is 0 Å². The molecule has 0 aliphatic rings. The Hall–Kier alpha value is -6.12. The van der Waals surface area contributed by atoms with Crippen LogP contribution in [0.3, 0.4) is 0 Å². The van der Waals surface area contributed by atoms with Crippen LogP contribution in [0.25, 0.3) is 87.9 Å². The third kappa shape index (κ3) is 4.19. The molecule has 0 unspecified atom stereocenters. The largest absolute Gasteiger partial charge is 0.256 e. The topological polar surface area (TPSA) is 25.8 Å². The molecule has 0 N–H and O–H groups in total. The summed E-state index contributed by atoms with van der Waals surface area (Å²) in [7, 11) is 0. The highest BCUT2D eigenvalue weighted by Gasteiger charge is 2.22. The lowest BCUT2D eigenvalue weighted by Gasteiger charge is -2.21. The predicted octanol–water partition coefficient (Wildman–Crippen LogP) is 11.8. The van der Waals surface area contributed by atoms with Crippen LogP contribution < -0.4 is 0 Å². The van der Waals surface area contributed by atoms with Gasteiger partial charge in [0.05, 0.1) is 11.4 Å². The molecule has 7 aromatic carbocycles. The number of hydrogen-bond donors (Lipinski definition) is 0. The van der Waals surface area contributed by atoms with Gasteiger partial charge in [0.15, 0.2) is 0 Å². The number of benzene rings is 7. The van der Waals surface area contributed by atoms with Crippen LogP contribution in [0, 0.1) is 0 Å². The van der Waals surface area contributed by atoms with Crippen molar-refractivity contribution in [2.24, 2.45) is 0 Å². The predicted molar refractivity (Wildman–Crippen MR) is 194 cm³/mol. The van der Waals surface area contributed by atoms with Crippen molar-refractivity contribution in [2.75, 3.05) is 0 Å². The lowest BCUT2D eigenvalue weighted by atomic mass is 9.83. The Morgan fingerprint density at radius 2 is 0.609 bits per heavy atom. The Morgan fingerprint density at radius 3 is 0.978 bits per heavy atom. The van der Waals surface area contributed by atoms with Gasteiger partial charge in [-0.15, -0.1) is 0 Å². The third-order valence-corrected chi connectivity index (χ3v) is 9.15. The smallest absolute Gasteiger partial charge is 0.0715 e. The normalized spacial score (nSPS) is 11.5. The van der Waals surface area contributed by atoms with E-state index in [1.54, 1.807) is 0 Å². The molecule has 0 radical (unpaired) electrons. The summed E-state index contributed by atoms with van der Waals surface area (Å²) >= 11 is 0. The molecule has 0 amide bonds. The van der Waals surface area contributed by atoms with Gasteiger partial charge >= 0.3 is 0 Å². The van der Waals surface area contributed by atoms with E-state index in [4.69, 9.17) is 9.97 Å². The fraction of sp³-hybridized carbons (Fsp3) is 0. The molecule has 0 aliphatic carbocycles. The molecule has 9 rings (SSSR count). The van der Waals surface area contributed by atoms with E-state index in [-0.39, 0.29) is 0 Å². The molecular formula is C44H28N2. The maximum absolute atomic E-state index is 5.14. The highest BCUT2D eigenvalue weighted by molar-refractivity contribution is 6.36. The molecule has 0 saturated carbocycles. The average molecular weight is 585 g/mol. The van der Waals surface area contributed by atoms with E-state index < -0.39 is 0 Å². The zero-order chi connectivity index (χ0) is 30.5. The van der Waals surface area contributed by atoms with Gasteiger partial charge in [0.25, 0.3) is 0 Å². The molecule has 0 spiro atoms. The first kappa shape index (κ1) is 26.3. The van der Waals surface area contributed by atoms with Crippen molar-refractivity contribution in [3.63, 3.8) is 0 Å². The van der Waals surface area contributed by atoms with Crippen molar-refractivity contribution < 1.29 is 0 Å². The van der Waals surface area contributed by atoms with E-state index in [0.29, 0.717) is 0 Å². The fourth-order valence-corrected chi connectivity index (χ4v) is 7.07. The molecule has 0 aliphatic heterocycles. The first-order chi connectivity index (χ1) is 22.8. The van der Waals surface area contributed by atoms with E-state index in [1.165, 1.54) is 43.1 Å². The minimum atomic E-state index is 0.959. The zero-order valence-electron chi connectivity index (χ0n) is 25.1. The second-order valence-electron chi connectivity index (χ2n) is 11.7. The van der Waals surface area contributed by atoms with Crippen LogP contribution in [0.4, 0.5) is 0 Å². The second kappa shape index (κ2) is 10.8. The van der Waals surface area contributed by atoms with E-state index in [9.17, 15) is 0 Å². The molecule has 214 valence electrons. The summed E-state index contributed by atoms with van der Waals surface area (Å²) in [6.45, 7) is 0. The quantitative estimate of drug-likeness (QED) is 0.152. The SMILES string of the molecule is c1ccc(-c2ccc(-c3c4ccccc4c(-c4ccc(-c5ccccc5)cn4)c4c5ccccc5c5ccccc5c34)nc2)cc1. The van der Waals surface area contributed by atoms with E-state index >= 15 is 0 Å². The average Bonchev–Trinajstić information content (AvgIpc) is 3.15. The van der Waals surface area contributed by atoms with Gasteiger partial charge in [-0.25, -0.2) is 0 Å². The highest BCUT2D eigenvalue weighted by Crippen LogP contribution is 2.48. The van der Waals surface area contributed by atoms with Gasteiger partial charge in [-0.1, -0.05) is 146 Å². The molecule has 9 aromatic rings. The van der Waals surface area contributed by atoms with Gasteiger partial charge < -0.3 is 0 Å². The molecule has 0 saturated heterocycles. The van der Waals surface area contributed by atoms with Crippen LogP contribution in [0.2, 0.25) is 0 Å². The van der Waals surface area contributed by atoms with Crippen LogP contribution in [-0.4, -0.2) is 9.97 Å². The van der Waals surface area contributed by atoms with Crippen molar-refractivity contribution in [3.05, 3.63) is 170 Å². The van der Waals surface area contributed by atoms with Crippen LogP contribution in [0.1, 0.15) is 0 Å². The van der Waals surface area contributed by atoms with Crippen LogP contribution in [0.5, 0.6) is 0 Å². The maximum atomic E-state index is 5.14. The minimum absolute atomic E-state index is 0.959. The summed E-state index contributed by atoms with van der Waals surface area (Å²) in [5.74, 6) is 0. The zero-order valence-corrected chi connectivity index (χ0v) is 25.1. The Kier molecular flexibility index (Phi) is 6.17. The molecule has 0 bridgehead atoms. The second-order valence-corrected chi connectivity index (χ2v) is 11.7. The monoisotopic (exact) mass is 584 g/mol. The summed E-state index contributed by atoms with van der Waals surface area (Å²) in [5.41, 5.74) is 8.75. The van der Waals surface area contributed by atoms with Gasteiger partial charge in [0, 0.05) is 45.4 Å². The summed E-state index contributed by atoms with van der Waals surface area (Å²) in [6, 6.07) is 56.0. The van der Waals surface area contributed by atoms with Gasteiger partial charge in [-0.05, 0) is 55.6 Å². The van der Waals surface area contributed by atoms with Crippen LogP contribution >= 0.6 is 0 Å². The number of nitrogens with zero attached hydrogens (tertiary/aromatic N) is 2. The Morgan fingerprint density at radius 1 is 0.261 bits per heavy atom. The summed E-state index contributed by atoms with van der Waals surface area (Å²) in [4.78, 5) is 10.3. The Labute approximate surface area is 267 Å². The van der Waals surface area contributed by atoms with E-state index in [2.05, 4.69) is 146 Å². The third-order valence-electron chi connectivity index (χ3n) is 9.15. The first-order valence-electron chi connectivity index (χ1n) is 15.7. The molecule has 2 nitrogen and oxygen atoms in total.